The summed E-state index contributed by atoms with van der Waals surface area (Å²) < 4.78 is 0. The zero-order valence-corrected chi connectivity index (χ0v) is 12.7. The lowest BCUT2D eigenvalue weighted by molar-refractivity contribution is 0.282. The van der Waals surface area contributed by atoms with Crippen molar-refractivity contribution in [1.82, 2.24) is 0 Å². The third-order valence-electron chi connectivity index (χ3n) is 3.06. The van der Waals surface area contributed by atoms with Crippen LogP contribution in [0.2, 0.25) is 0 Å². The van der Waals surface area contributed by atoms with Crippen molar-refractivity contribution >= 4 is 0 Å². The lowest BCUT2D eigenvalue weighted by Gasteiger charge is -1.98. The number of aliphatic hydroxyl groups excluding tert-OH is 1. The van der Waals surface area contributed by atoms with Crippen LogP contribution in [0.5, 0.6) is 0 Å². The number of rotatable bonds is 13. The van der Waals surface area contributed by atoms with E-state index in [9.17, 15) is 0 Å². The molecule has 0 aliphatic heterocycles. The van der Waals surface area contributed by atoms with Crippen LogP contribution in [-0.2, 0) is 0 Å². The van der Waals surface area contributed by atoms with Gasteiger partial charge in [0, 0.05) is 6.61 Å². The molecule has 0 heterocycles. The smallest absolute Gasteiger partial charge is 0.0431 e. The summed E-state index contributed by atoms with van der Waals surface area (Å²) in [4.78, 5) is 0. The Hall–Kier alpha value is -0.820. The zero-order chi connectivity index (χ0) is 14.0. The Labute approximate surface area is 120 Å². The monoisotopic (exact) mass is 264 g/mol. The number of aliphatic hydroxyl groups is 1. The maximum Gasteiger partial charge on any atom is 0.0431 e. The van der Waals surface area contributed by atoms with E-state index >= 15 is 0 Å². The number of hydrogen-bond acceptors (Lipinski definition) is 1. The Balaban J connectivity index is 3.19. The fraction of sp³-hybridized carbons (Fsp3) is 0.667. The molecule has 0 aliphatic rings. The summed E-state index contributed by atoms with van der Waals surface area (Å²) in [7, 11) is 0. The highest BCUT2D eigenvalue weighted by atomic mass is 16.2. The van der Waals surface area contributed by atoms with Crippen LogP contribution in [0, 0.1) is 0 Å². The van der Waals surface area contributed by atoms with Gasteiger partial charge in [0.05, 0.1) is 0 Å². The van der Waals surface area contributed by atoms with E-state index in [2.05, 4.69) is 43.4 Å². The van der Waals surface area contributed by atoms with Crippen molar-refractivity contribution < 1.29 is 5.11 Å². The van der Waals surface area contributed by atoms with Gasteiger partial charge in [0.2, 0.25) is 0 Å². The molecule has 1 N–H and O–H groups in total. The van der Waals surface area contributed by atoms with Gasteiger partial charge in [-0.2, -0.15) is 0 Å². The summed E-state index contributed by atoms with van der Waals surface area (Å²) >= 11 is 0. The van der Waals surface area contributed by atoms with Crippen molar-refractivity contribution in [3.8, 4) is 0 Å². The Bertz CT molecular complexity index is 238. The molecular weight excluding hydrogens is 232 g/mol. The molecule has 0 atom stereocenters. The molecule has 1 nitrogen and oxygen atoms in total. The molecule has 0 aliphatic carbocycles. The first-order chi connectivity index (χ1) is 9.41. The van der Waals surface area contributed by atoms with E-state index < -0.39 is 0 Å². The maximum atomic E-state index is 8.65. The van der Waals surface area contributed by atoms with Crippen LogP contribution in [0.4, 0.5) is 0 Å². The Morgan fingerprint density at radius 3 is 1.79 bits per heavy atom. The normalized spacial score (nSPS) is 12.3. The second-order valence-electron chi connectivity index (χ2n) is 4.93. The minimum absolute atomic E-state index is 0.352. The second kappa shape index (κ2) is 17.2. The quantitative estimate of drug-likeness (QED) is 0.340. The van der Waals surface area contributed by atoms with Gasteiger partial charge in [-0.15, -0.1) is 0 Å². The van der Waals surface area contributed by atoms with E-state index in [-0.39, 0.29) is 0 Å². The highest BCUT2D eigenvalue weighted by Gasteiger charge is 1.89. The maximum absolute atomic E-state index is 8.65. The molecule has 110 valence electrons. The van der Waals surface area contributed by atoms with Gasteiger partial charge in [0.15, 0.2) is 0 Å². The van der Waals surface area contributed by atoms with Crippen LogP contribution in [0.15, 0.2) is 36.5 Å². The number of hydrogen-bond donors (Lipinski definition) is 1. The third-order valence-corrected chi connectivity index (χ3v) is 3.06. The zero-order valence-electron chi connectivity index (χ0n) is 12.7. The van der Waals surface area contributed by atoms with Crippen LogP contribution in [0.3, 0.4) is 0 Å². The van der Waals surface area contributed by atoms with E-state index in [0.717, 1.165) is 25.7 Å². The summed E-state index contributed by atoms with van der Waals surface area (Å²) in [5.41, 5.74) is 0. The van der Waals surface area contributed by atoms with E-state index in [1.807, 2.05) is 0 Å². The Morgan fingerprint density at radius 1 is 0.632 bits per heavy atom. The van der Waals surface area contributed by atoms with Gasteiger partial charge in [0.1, 0.15) is 0 Å². The highest BCUT2D eigenvalue weighted by molar-refractivity contribution is 4.96. The van der Waals surface area contributed by atoms with Gasteiger partial charge < -0.3 is 5.11 Å². The molecule has 0 rings (SSSR count). The second-order valence-corrected chi connectivity index (χ2v) is 4.93. The first-order valence-corrected chi connectivity index (χ1v) is 7.97. The van der Waals surface area contributed by atoms with Gasteiger partial charge in [-0.1, -0.05) is 69.1 Å². The lowest BCUT2D eigenvalue weighted by Crippen LogP contribution is -1.83. The van der Waals surface area contributed by atoms with E-state index in [1.165, 1.54) is 38.5 Å². The van der Waals surface area contributed by atoms with Crippen LogP contribution >= 0.6 is 0 Å². The lowest BCUT2D eigenvalue weighted by atomic mass is 10.1. The molecule has 0 unspecified atom stereocenters. The first-order valence-electron chi connectivity index (χ1n) is 7.97. The fourth-order valence-corrected chi connectivity index (χ4v) is 1.91. The molecule has 0 radical (unpaired) electrons. The van der Waals surface area contributed by atoms with Crippen molar-refractivity contribution in [3.05, 3.63) is 36.5 Å². The molecule has 0 fully saturated rings. The summed E-state index contributed by atoms with van der Waals surface area (Å²) in [5.74, 6) is 0. The summed E-state index contributed by atoms with van der Waals surface area (Å²) in [6.45, 7) is 2.51. The molecule has 0 amide bonds. The van der Waals surface area contributed by atoms with E-state index in [1.54, 1.807) is 0 Å². The van der Waals surface area contributed by atoms with Crippen LogP contribution in [-0.4, -0.2) is 11.7 Å². The average Bonchev–Trinajstić information content (AvgIpc) is 2.43. The molecular formula is C18H32O. The van der Waals surface area contributed by atoms with Crippen LogP contribution in [0.1, 0.15) is 71.1 Å². The standard InChI is InChI=1S/C18H32O/c1-2-3-4-5-6-7-8-9-10-11-12-13-14-15-16-17-18-19/h3-4,6-7,9-10,19H,2,5,8,11-18H2,1H3/b4-3+,7-6+,10-9+. The van der Waals surface area contributed by atoms with Gasteiger partial charge in [-0.3, -0.25) is 0 Å². The molecule has 0 aromatic rings. The summed E-state index contributed by atoms with van der Waals surface area (Å²) in [6.07, 6.45) is 25.3. The van der Waals surface area contributed by atoms with Gasteiger partial charge >= 0.3 is 0 Å². The summed E-state index contributed by atoms with van der Waals surface area (Å²) in [5, 5.41) is 8.65. The Kier molecular flexibility index (Phi) is 16.4. The molecule has 19 heavy (non-hydrogen) atoms. The topological polar surface area (TPSA) is 20.2 Å². The van der Waals surface area contributed by atoms with Crippen LogP contribution in [0.25, 0.3) is 0 Å². The van der Waals surface area contributed by atoms with Crippen molar-refractivity contribution in [2.45, 2.75) is 71.1 Å². The Morgan fingerprint density at radius 2 is 1.16 bits per heavy atom. The minimum atomic E-state index is 0.352. The van der Waals surface area contributed by atoms with E-state index in [0.29, 0.717) is 6.61 Å². The summed E-state index contributed by atoms with van der Waals surface area (Å²) in [6, 6.07) is 0. The number of unbranched alkanes of at least 4 members (excludes halogenated alkanes) is 6. The molecule has 0 spiro atoms. The predicted octanol–water partition coefficient (Wildman–Crippen LogP) is 5.57. The fourth-order valence-electron chi connectivity index (χ4n) is 1.91. The highest BCUT2D eigenvalue weighted by Crippen LogP contribution is 2.07. The molecule has 0 saturated carbocycles. The predicted molar refractivity (Wildman–Crippen MR) is 86.3 cm³/mol. The first kappa shape index (κ1) is 18.2. The molecule has 0 saturated heterocycles. The largest absolute Gasteiger partial charge is 0.396 e. The van der Waals surface area contributed by atoms with Crippen LogP contribution < -0.4 is 0 Å². The van der Waals surface area contributed by atoms with Crippen molar-refractivity contribution in [2.75, 3.05) is 6.61 Å². The number of allylic oxidation sites excluding steroid dienone is 6. The van der Waals surface area contributed by atoms with Crippen molar-refractivity contribution in [3.63, 3.8) is 0 Å². The molecule has 0 aromatic carbocycles. The van der Waals surface area contributed by atoms with Gasteiger partial charge in [-0.05, 0) is 38.5 Å². The SMILES string of the molecule is CC/C=C/C/C=C/C/C=C/CCCCCCCCO. The average molecular weight is 264 g/mol. The van der Waals surface area contributed by atoms with E-state index in [4.69, 9.17) is 5.11 Å². The van der Waals surface area contributed by atoms with Crippen molar-refractivity contribution in [1.29, 1.82) is 0 Å². The molecule has 0 aromatic heterocycles. The van der Waals surface area contributed by atoms with Gasteiger partial charge in [0.25, 0.3) is 0 Å². The van der Waals surface area contributed by atoms with Crippen molar-refractivity contribution in [2.24, 2.45) is 0 Å². The van der Waals surface area contributed by atoms with Gasteiger partial charge in [-0.25, -0.2) is 0 Å². The molecule has 1 heteroatoms. The third kappa shape index (κ3) is 17.2. The minimum Gasteiger partial charge on any atom is -0.396 e. The molecule has 0 bridgehead atoms.